The number of thioether (sulfide) groups is 1. The maximum Gasteiger partial charge on any atom is 0.306 e. The van der Waals surface area contributed by atoms with E-state index in [2.05, 4.69) is 5.32 Å². The molecule has 4 rings (SSSR count). The summed E-state index contributed by atoms with van der Waals surface area (Å²) in [5.41, 5.74) is 1.36. The summed E-state index contributed by atoms with van der Waals surface area (Å²) in [6.07, 6.45) is 0.0172. The molecule has 1 fully saturated rings. The van der Waals surface area contributed by atoms with Crippen LogP contribution in [0, 0.1) is 0 Å². The first kappa shape index (κ1) is 21.1. The van der Waals surface area contributed by atoms with Crippen molar-refractivity contribution in [1.82, 2.24) is 10.2 Å². The monoisotopic (exact) mass is 438 g/mol. The van der Waals surface area contributed by atoms with E-state index in [1.165, 1.54) is 4.90 Å². The highest BCUT2D eigenvalue weighted by Crippen LogP contribution is 2.24. The van der Waals surface area contributed by atoms with Crippen LogP contribution in [0.1, 0.15) is 43.9 Å². The molecule has 0 aromatic heterocycles. The number of hydrogen-bond acceptors (Lipinski definition) is 6. The summed E-state index contributed by atoms with van der Waals surface area (Å²) in [5.74, 6) is 0.0349. The minimum Gasteiger partial charge on any atom is -0.459 e. The lowest BCUT2D eigenvalue weighted by Gasteiger charge is -2.21. The minimum atomic E-state index is -0.400. The number of amides is 3. The zero-order valence-electron chi connectivity index (χ0n) is 16.8. The Morgan fingerprint density at radius 3 is 2.29 bits per heavy atom. The summed E-state index contributed by atoms with van der Waals surface area (Å²) in [6.45, 7) is 0.162. The van der Waals surface area contributed by atoms with Gasteiger partial charge in [0.1, 0.15) is 6.10 Å². The minimum absolute atomic E-state index is 0.0912. The fraction of sp³-hybridized carbons (Fsp3) is 0.304. The highest BCUT2D eigenvalue weighted by atomic mass is 32.2. The second-order valence-electron chi connectivity index (χ2n) is 7.42. The van der Waals surface area contributed by atoms with Crippen LogP contribution < -0.4 is 5.32 Å². The molecule has 8 heteroatoms. The molecular formula is C23H22N2O5S. The average Bonchev–Trinajstić information content (AvgIpc) is 3.31. The Balaban J connectivity index is 1.25. The Morgan fingerprint density at radius 1 is 0.968 bits per heavy atom. The fourth-order valence-electron chi connectivity index (χ4n) is 3.68. The number of imide groups is 1. The molecule has 0 unspecified atom stereocenters. The van der Waals surface area contributed by atoms with Gasteiger partial charge in [-0.25, -0.2) is 0 Å². The standard InChI is InChI=1S/C23H22N2O5S/c26-20(11-6-12-25-22(28)16-9-4-5-10-17(16)23(25)29)30-19-14-31-13-18(19)24-21(27)15-7-2-1-3-8-15/h1-5,7-10,18-19H,6,11-14H2,(H,24,27)/t18-,19-/m0/s1. The third kappa shape index (κ3) is 4.64. The van der Waals surface area contributed by atoms with Gasteiger partial charge in [-0.15, -0.1) is 0 Å². The maximum absolute atomic E-state index is 12.4. The quantitative estimate of drug-likeness (QED) is 0.528. The molecule has 0 spiro atoms. The highest BCUT2D eigenvalue weighted by Gasteiger charge is 2.35. The van der Waals surface area contributed by atoms with Crippen molar-refractivity contribution in [2.45, 2.75) is 25.0 Å². The molecule has 2 aliphatic heterocycles. The number of esters is 1. The second-order valence-corrected chi connectivity index (χ2v) is 8.50. The van der Waals surface area contributed by atoms with Crippen LogP contribution in [0.15, 0.2) is 54.6 Å². The number of ether oxygens (including phenoxy) is 1. The van der Waals surface area contributed by atoms with E-state index >= 15 is 0 Å². The zero-order chi connectivity index (χ0) is 21.8. The van der Waals surface area contributed by atoms with E-state index in [0.717, 1.165) is 0 Å². The van der Waals surface area contributed by atoms with Crippen LogP contribution in [0.2, 0.25) is 0 Å². The largest absolute Gasteiger partial charge is 0.459 e. The van der Waals surface area contributed by atoms with E-state index in [0.29, 0.717) is 34.6 Å². The van der Waals surface area contributed by atoms with Gasteiger partial charge in [0.15, 0.2) is 0 Å². The smallest absolute Gasteiger partial charge is 0.306 e. The molecule has 2 aliphatic rings. The number of fused-ring (bicyclic) bond motifs is 1. The number of benzene rings is 2. The van der Waals surface area contributed by atoms with Crippen molar-refractivity contribution in [3.8, 4) is 0 Å². The predicted octanol–water partition coefficient (Wildman–Crippen LogP) is 2.52. The molecule has 0 aliphatic carbocycles. The highest BCUT2D eigenvalue weighted by molar-refractivity contribution is 7.99. The van der Waals surface area contributed by atoms with Gasteiger partial charge in [0.2, 0.25) is 0 Å². The van der Waals surface area contributed by atoms with E-state index in [4.69, 9.17) is 4.74 Å². The van der Waals surface area contributed by atoms with Crippen molar-refractivity contribution in [3.05, 3.63) is 71.3 Å². The maximum atomic E-state index is 12.4. The zero-order valence-corrected chi connectivity index (χ0v) is 17.6. The van der Waals surface area contributed by atoms with Crippen LogP contribution in [0.3, 0.4) is 0 Å². The number of rotatable bonds is 7. The van der Waals surface area contributed by atoms with Crippen molar-refractivity contribution in [2.24, 2.45) is 0 Å². The Morgan fingerprint density at radius 2 is 1.61 bits per heavy atom. The van der Waals surface area contributed by atoms with Gasteiger partial charge in [-0.2, -0.15) is 11.8 Å². The lowest BCUT2D eigenvalue weighted by atomic mass is 10.1. The third-order valence-corrected chi connectivity index (χ3v) is 6.46. The molecule has 31 heavy (non-hydrogen) atoms. The second kappa shape index (κ2) is 9.34. The molecule has 3 amide bonds. The Bertz CT molecular complexity index is 975. The van der Waals surface area contributed by atoms with Crippen LogP contribution in [0.5, 0.6) is 0 Å². The van der Waals surface area contributed by atoms with Crippen molar-refractivity contribution in [3.63, 3.8) is 0 Å². The summed E-state index contributed by atoms with van der Waals surface area (Å²) in [4.78, 5) is 50.6. The average molecular weight is 439 g/mol. The molecular weight excluding hydrogens is 416 g/mol. The van der Waals surface area contributed by atoms with Crippen LogP contribution in [0.4, 0.5) is 0 Å². The first-order valence-electron chi connectivity index (χ1n) is 10.1. The lowest BCUT2D eigenvalue weighted by molar-refractivity contribution is -0.148. The van der Waals surface area contributed by atoms with Gasteiger partial charge in [0.05, 0.1) is 17.2 Å². The molecule has 2 heterocycles. The van der Waals surface area contributed by atoms with Gasteiger partial charge in [0, 0.05) is 30.0 Å². The van der Waals surface area contributed by atoms with Gasteiger partial charge >= 0.3 is 5.97 Å². The van der Waals surface area contributed by atoms with Crippen LogP contribution in [-0.4, -0.2) is 58.8 Å². The van der Waals surface area contributed by atoms with Crippen molar-refractivity contribution >= 4 is 35.5 Å². The summed E-state index contributed by atoms with van der Waals surface area (Å²) >= 11 is 1.62. The first-order valence-corrected chi connectivity index (χ1v) is 11.3. The molecule has 7 nitrogen and oxygen atoms in total. The molecule has 2 aromatic rings. The van der Waals surface area contributed by atoms with E-state index in [1.54, 1.807) is 60.3 Å². The van der Waals surface area contributed by atoms with Crippen LogP contribution in [0.25, 0.3) is 0 Å². The summed E-state index contributed by atoms with van der Waals surface area (Å²) in [7, 11) is 0. The number of hydrogen-bond donors (Lipinski definition) is 1. The van der Waals surface area contributed by atoms with Gasteiger partial charge in [-0.1, -0.05) is 30.3 Å². The summed E-state index contributed by atoms with van der Waals surface area (Å²) in [6, 6.07) is 15.3. The number of carbonyl (C=O) groups is 4. The van der Waals surface area contributed by atoms with Gasteiger partial charge in [-0.05, 0) is 30.7 Å². The Labute approximate surface area is 184 Å². The molecule has 0 saturated carbocycles. The molecule has 2 aromatic carbocycles. The van der Waals surface area contributed by atoms with E-state index in [9.17, 15) is 19.2 Å². The molecule has 2 atom stereocenters. The molecule has 0 radical (unpaired) electrons. The van der Waals surface area contributed by atoms with Crippen molar-refractivity contribution in [2.75, 3.05) is 18.1 Å². The summed E-state index contributed by atoms with van der Waals surface area (Å²) < 4.78 is 5.58. The first-order chi connectivity index (χ1) is 15.0. The summed E-state index contributed by atoms with van der Waals surface area (Å²) in [5, 5.41) is 2.94. The van der Waals surface area contributed by atoms with Crippen molar-refractivity contribution < 1.29 is 23.9 Å². The fourth-order valence-corrected chi connectivity index (χ4v) is 4.90. The van der Waals surface area contributed by atoms with E-state index < -0.39 is 12.1 Å². The Hall–Kier alpha value is -3.13. The number of nitrogens with one attached hydrogen (secondary N) is 1. The molecule has 0 bridgehead atoms. The van der Waals surface area contributed by atoms with Gasteiger partial charge in [0.25, 0.3) is 17.7 Å². The molecule has 1 saturated heterocycles. The van der Waals surface area contributed by atoms with Crippen LogP contribution >= 0.6 is 11.8 Å². The number of nitrogens with zero attached hydrogens (tertiary/aromatic N) is 1. The predicted molar refractivity (Wildman–Crippen MR) is 116 cm³/mol. The molecule has 160 valence electrons. The lowest BCUT2D eigenvalue weighted by Crippen LogP contribution is -2.44. The van der Waals surface area contributed by atoms with Gasteiger partial charge < -0.3 is 10.1 Å². The SMILES string of the molecule is O=C(CCCN1C(=O)c2ccccc2C1=O)O[C@H]1CSC[C@@H]1NC(=O)c1ccccc1. The van der Waals surface area contributed by atoms with E-state index in [-0.39, 0.29) is 36.7 Å². The topological polar surface area (TPSA) is 92.8 Å². The van der Waals surface area contributed by atoms with Crippen LogP contribution in [-0.2, 0) is 9.53 Å². The van der Waals surface area contributed by atoms with Crippen molar-refractivity contribution in [1.29, 1.82) is 0 Å². The normalized spacial score (nSPS) is 19.9. The Kier molecular flexibility index (Phi) is 6.36. The molecule has 1 N–H and O–H groups in total. The number of carbonyl (C=O) groups excluding carboxylic acids is 4. The van der Waals surface area contributed by atoms with E-state index in [1.807, 2.05) is 6.07 Å². The third-order valence-electron chi connectivity index (χ3n) is 5.30. The van der Waals surface area contributed by atoms with Gasteiger partial charge in [-0.3, -0.25) is 24.1 Å².